The number of hydrogen-bond donors (Lipinski definition) is 0. The van der Waals surface area contributed by atoms with Crippen LogP contribution in [-0.4, -0.2) is 40.3 Å². The Balaban J connectivity index is 1.27. The highest BCUT2D eigenvalue weighted by Gasteiger charge is 2.30. The molecule has 2 aromatic heterocycles. The van der Waals surface area contributed by atoms with Gasteiger partial charge < -0.3 is 18.8 Å². The second-order valence-electron chi connectivity index (χ2n) is 7.63. The second-order valence-corrected chi connectivity index (χ2v) is 8.57. The van der Waals surface area contributed by atoms with Gasteiger partial charge in [0, 0.05) is 19.4 Å². The van der Waals surface area contributed by atoms with Crippen molar-refractivity contribution in [3.05, 3.63) is 51.8 Å². The lowest BCUT2D eigenvalue weighted by Crippen LogP contribution is -2.32. The lowest BCUT2D eigenvalue weighted by molar-refractivity contribution is -0.132. The van der Waals surface area contributed by atoms with Gasteiger partial charge in [0.1, 0.15) is 0 Å². The maximum absolute atomic E-state index is 13.0. The maximum Gasteiger partial charge on any atom is 0.437 e. The zero-order valence-electron chi connectivity index (χ0n) is 17.0. The molecule has 0 unspecified atom stereocenters. The van der Waals surface area contributed by atoms with Crippen LogP contribution in [0, 0.1) is 0 Å². The Kier molecular flexibility index (Phi) is 5.50. The minimum Gasteiger partial charge on any atom is -0.490 e. The van der Waals surface area contributed by atoms with Crippen LogP contribution in [0.3, 0.4) is 0 Å². The summed E-state index contributed by atoms with van der Waals surface area (Å²) < 4.78 is 18.0. The number of thiophene rings is 1. The summed E-state index contributed by atoms with van der Waals surface area (Å²) in [6.45, 7) is 2.17. The number of carbonyl (C=O) groups excluding carboxylic acids is 1. The molecule has 1 fully saturated rings. The van der Waals surface area contributed by atoms with Crippen LogP contribution in [0.25, 0.3) is 10.8 Å². The smallest absolute Gasteiger partial charge is 0.437 e. The van der Waals surface area contributed by atoms with Crippen molar-refractivity contribution in [2.75, 3.05) is 19.8 Å². The molecule has 31 heavy (non-hydrogen) atoms. The fourth-order valence-electron chi connectivity index (χ4n) is 4.09. The first-order chi connectivity index (χ1) is 15.2. The molecule has 2 aliphatic heterocycles. The monoisotopic (exact) mass is 441 g/mol. The highest BCUT2D eigenvalue weighted by atomic mass is 32.1. The first-order valence-electron chi connectivity index (χ1n) is 10.5. The number of aryl methyl sites for hydroxylation is 1. The van der Waals surface area contributed by atoms with E-state index in [0.717, 1.165) is 41.2 Å². The molecule has 1 aromatic carbocycles. The van der Waals surface area contributed by atoms with Crippen LogP contribution in [0.5, 0.6) is 11.5 Å². The quantitative estimate of drug-likeness (QED) is 0.603. The van der Waals surface area contributed by atoms with Gasteiger partial charge in [0.2, 0.25) is 5.91 Å². The lowest BCUT2D eigenvalue weighted by Gasteiger charge is -2.25. The average molecular weight is 442 g/mol. The fourth-order valence-corrected chi connectivity index (χ4v) is 4.74. The van der Waals surface area contributed by atoms with Crippen molar-refractivity contribution in [1.29, 1.82) is 0 Å². The van der Waals surface area contributed by atoms with E-state index in [1.165, 1.54) is 16.0 Å². The molecule has 0 spiro atoms. The third-order valence-electron chi connectivity index (χ3n) is 5.61. The van der Waals surface area contributed by atoms with Crippen molar-refractivity contribution in [1.82, 2.24) is 14.7 Å². The highest BCUT2D eigenvalue weighted by Crippen LogP contribution is 2.38. The van der Waals surface area contributed by atoms with Crippen molar-refractivity contribution in [3.8, 4) is 22.3 Å². The summed E-state index contributed by atoms with van der Waals surface area (Å²) in [7, 11) is 0. The van der Waals surface area contributed by atoms with Crippen LogP contribution in [0.15, 0.2) is 44.9 Å². The number of rotatable bonds is 5. The molecule has 2 aliphatic rings. The summed E-state index contributed by atoms with van der Waals surface area (Å²) in [4.78, 5) is 27.8. The molecular formula is C22H23N3O5S. The van der Waals surface area contributed by atoms with Crippen molar-refractivity contribution < 1.29 is 18.7 Å². The number of likely N-dealkylation sites (tertiary alicyclic amines) is 1. The van der Waals surface area contributed by atoms with Crippen molar-refractivity contribution in [2.24, 2.45) is 0 Å². The maximum atomic E-state index is 13.0. The Morgan fingerprint density at radius 1 is 1.16 bits per heavy atom. The molecule has 0 radical (unpaired) electrons. The van der Waals surface area contributed by atoms with Crippen molar-refractivity contribution >= 4 is 17.2 Å². The summed E-state index contributed by atoms with van der Waals surface area (Å²) in [5, 5.41) is 6.13. The van der Waals surface area contributed by atoms with Crippen LogP contribution >= 0.6 is 11.3 Å². The van der Waals surface area contributed by atoms with Gasteiger partial charge in [-0.05, 0) is 42.0 Å². The van der Waals surface area contributed by atoms with Crippen LogP contribution in [0.1, 0.15) is 37.3 Å². The Morgan fingerprint density at radius 3 is 2.87 bits per heavy atom. The zero-order valence-corrected chi connectivity index (χ0v) is 17.8. The summed E-state index contributed by atoms with van der Waals surface area (Å²) in [6, 6.07) is 9.65. The van der Waals surface area contributed by atoms with E-state index in [1.807, 2.05) is 40.6 Å². The number of amides is 1. The van der Waals surface area contributed by atoms with Gasteiger partial charge in [0.05, 0.1) is 30.7 Å². The van der Waals surface area contributed by atoms with Gasteiger partial charge in [-0.2, -0.15) is 4.68 Å². The summed E-state index contributed by atoms with van der Waals surface area (Å²) >= 11 is 1.45. The Labute approximate surface area is 183 Å². The van der Waals surface area contributed by atoms with E-state index in [4.69, 9.17) is 13.9 Å². The molecule has 9 heteroatoms. The van der Waals surface area contributed by atoms with E-state index in [0.29, 0.717) is 25.6 Å². The molecule has 4 heterocycles. The van der Waals surface area contributed by atoms with Gasteiger partial charge in [-0.3, -0.25) is 4.79 Å². The third kappa shape index (κ3) is 4.10. The van der Waals surface area contributed by atoms with Crippen LogP contribution in [0.2, 0.25) is 0 Å². The summed E-state index contributed by atoms with van der Waals surface area (Å²) in [5.41, 5.74) is 1.05. The van der Waals surface area contributed by atoms with E-state index in [-0.39, 0.29) is 24.9 Å². The number of aromatic nitrogens is 2. The largest absolute Gasteiger partial charge is 0.490 e. The normalized spacial score (nSPS) is 18.2. The van der Waals surface area contributed by atoms with E-state index >= 15 is 0 Å². The number of ether oxygens (including phenoxy) is 2. The predicted molar refractivity (Wildman–Crippen MR) is 114 cm³/mol. The van der Waals surface area contributed by atoms with Gasteiger partial charge in [-0.25, -0.2) is 4.79 Å². The van der Waals surface area contributed by atoms with E-state index < -0.39 is 5.76 Å². The number of nitrogens with zero attached hydrogens (tertiary/aromatic N) is 3. The molecule has 162 valence electrons. The van der Waals surface area contributed by atoms with Gasteiger partial charge in [0.15, 0.2) is 11.5 Å². The first kappa shape index (κ1) is 19.9. The predicted octanol–water partition coefficient (Wildman–Crippen LogP) is 3.48. The van der Waals surface area contributed by atoms with Gasteiger partial charge >= 0.3 is 5.76 Å². The third-order valence-corrected chi connectivity index (χ3v) is 6.46. The van der Waals surface area contributed by atoms with Gasteiger partial charge in [0.25, 0.3) is 5.89 Å². The van der Waals surface area contributed by atoms with E-state index in [1.54, 1.807) is 0 Å². The average Bonchev–Trinajstić information content (AvgIpc) is 3.51. The molecule has 0 saturated carbocycles. The number of fused-ring (bicyclic) bond motifs is 1. The van der Waals surface area contributed by atoms with Crippen molar-refractivity contribution in [2.45, 2.75) is 38.3 Å². The molecule has 5 rings (SSSR count). The van der Waals surface area contributed by atoms with Crippen LogP contribution < -0.4 is 15.2 Å². The minimum absolute atomic E-state index is 0.000337. The zero-order chi connectivity index (χ0) is 21.2. The lowest BCUT2D eigenvalue weighted by atomic mass is 10.0. The molecule has 1 saturated heterocycles. The van der Waals surface area contributed by atoms with E-state index in [2.05, 4.69) is 5.10 Å². The van der Waals surface area contributed by atoms with Gasteiger partial charge in [-0.1, -0.05) is 12.1 Å². The molecule has 0 bridgehead atoms. The molecule has 0 N–H and O–H groups in total. The molecule has 3 aromatic rings. The highest BCUT2D eigenvalue weighted by molar-refractivity contribution is 7.13. The molecule has 0 aliphatic carbocycles. The van der Waals surface area contributed by atoms with Crippen molar-refractivity contribution in [3.63, 3.8) is 0 Å². The summed E-state index contributed by atoms with van der Waals surface area (Å²) in [6.07, 6.45) is 2.89. The van der Waals surface area contributed by atoms with E-state index in [9.17, 15) is 9.59 Å². The molecular weight excluding hydrogens is 418 g/mol. The van der Waals surface area contributed by atoms with Crippen LogP contribution in [-0.2, 0) is 11.3 Å². The fraction of sp³-hybridized carbons (Fsp3) is 0.409. The van der Waals surface area contributed by atoms with Crippen LogP contribution in [0.4, 0.5) is 0 Å². The van der Waals surface area contributed by atoms with Gasteiger partial charge in [-0.15, -0.1) is 16.4 Å². The Bertz CT molecular complexity index is 1120. The SMILES string of the molecule is O=C(CCn1nc(-c2cccs2)oc1=O)N1CCC[C@@H]1c1ccc2c(c1)OCCCO2. The minimum atomic E-state index is -0.544. The standard InChI is InChI=1S/C22H23N3O5S/c26-20(8-10-25-22(27)30-21(23-25)19-5-2-13-31-19)24-9-1-4-16(24)15-6-7-17-18(14-15)29-12-3-11-28-17/h2,5-7,13-14,16H,1,3-4,8-12H2/t16-/m1/s1. The number of hydrogen-bond acceptors (Lipinski definition) is 7. The topological polar surface area (TPSA) is 86.8 Å². The first-order valence-corrected chi connectivity index (χ1v) is 11.4. The molecule has 8 nitrogen and oxygen atoms in total. The number of carbonyl (C=O) groups is 1. The second kappa shape index (κ2) is 8.58. The number of benzene rings is 1. The molecule has 1 amide bonds. The Morgan fingerprint density at radius 2 is 2.03 bits per heavy atom. The summed E-state index contributed by atoms with van der Waals surface area (Å²) in [5.74, 6) is 1.24. The molecule has 1 atom stereocenters. The Hall–Kier alpha value is -3.07.